The highest BCUT2D eigenvalue weighted by Gasteiger charge is 2.33. The van der Waals surface area contributed by atoms with Crippen molar-refractivity contribution in [2.45, 2.75) is 40.2 Å². The average molecular weight is 346 g/mol. The number of aromatic nitrogens is 2. The Balaban J connectivity index is 2.52. The minimum Gasteiger partial charge on any atom is -0.298 e. The monoisotopic (exact) mass is 346 g/mol. The molecular weight excluding hydrogens is 324 g/mol. The summed E-state index contributed by atoms with van der Waals surface area (Å²) in [5.74, 6) is -0.918. The summed E-state index contributed by atoms with van der Waals surface area (Å²) >= 11 is 5.05. The van der Waals surface area contributed by atoms with E-state index in [1.54, 1.807) is 12.2 Å². The Kier molecular flexibility index (Phi) is 4.75. The number of carbonyl (C=O) groups is 2. The zero-order chi connectivity index (χ0) is 18.2. The number of thiocarbonyl (C=S) groups is 1. The van der Waals surface area contributed by atoms with Gasteiger partial charge in [-0.25, -0.2) is 0 Å². The zero-order valence-electron chi connectivity index (χ0n) is 14.6. The van der Waals surface area contributed by atoms with Crippen LogP contribution in [-0.2, 0) is 15.1 Å². The summed E-state index contributed by atoms with van der Waals surface area (Å²) < 4.78 is 1.89. The van der Waals surface area contributed by atoms with Gasteiger partial charge < -0.3 is 0 Å². The van der Waals surface area contributed by atoms with Gasteiger partial charge in [0.15, 0.2) is 5.11 Å². The van der Waals surface area contributed by atoms with Crippen LogP contribution in [0, 0.1) is 13.8 Å². The molecule has 2 amide bonds. The Hall–Kier alpha value is -2.28. The van der Waals surface area contributed by atoms with E-state index in [2.05, 4.69) is 17.0 Å². The van der Waals surface area contributed by atoms with Crippen molar-refractivity contribution < 1.29 is 9.59 Å². The van der Waals surface area contributed by atoms with E-state index in [1.807, 2.05) is 39.3 Å². The van der Waals surface area contributed by atoms with Crippen molar-refractivity contribution in [3.63, 3.8) is 0 Å². The first-order chi connectivity index (χ1) is 11.1. The van der Waals surface area contributed by atoms with E-state index in [1.165, 1.54) is 4.90 Å². The van der Waals surface area contributed by atoms with Gasteiger partial charge in [0.25, 0.3) is 11.8 Å². The first-order valence-corrected chi connectivity index (χ1v) is 8.05. The standard InChI is InChI=1S/C17H22N4O2S/c1-7-8-20-15(23)13(14(22)18-16(20)24)9-12-10(2)19-21(11(12)3)17(4,5)6/h7,9H,1,8H2,2-6H3,(H,18,22,24)/b13-9-. The van der Waals surface area contributed by atoms with E-state index >= 15 is 0 Å². The van der Waals surface area contributed by atoms with Gasteiger partial charge in [0.2, 0.25) is 0 Å². The molecule has 1 fully saturated rings. The Morgan fingerprint density at radius 2 is 1.92 bits per heavy atom. The fourth-order valence-corrected chi connectivity index (χ4v) is 2.90. The van der Waals surface area contributed by atoms with Crippen LogP contribution in [0.5, 0.6) is 0 Å². The van der Waals surface area contributed by atoms with Crippen LogP contribution in [0.2, 0.25) is 0 Å². The van der Waals surface area contributed by atoms with Crippen LogP contribution in [-0.4, -0.2) is 38.2 Å². The third kappa shape index (κ3) is 3.17. The van der Waals surface area contributed by atoms with Crippen molar-refractivity contribution in [1.29, 1.82) is 0 Å². The van der Waals surface area contributed by atoms with Crippen molar-refractivity contribution in [3.05, 3.63) is 35.2 Å². The SMILES string of the molecule is C=CCN1C(=O)/C(=C\c2c(C)nn(C(C)(C)C)c2C)C(=O)NC1=S. The Bertz CT molecular complexity index is 768. The first kappa shape index (κ1) is 18.1. The molecule has 24 heavy (non-hydrogen) atoms. The molecule has 0 saturated carbocycles. The van der Waals surface area contributed by atoms with Crippen LogP contribution in [0.15, 0.2) is 18.2 Å². The van der Waals surface area contributed by atoms with Crippen molar-refractivity contribution >= 4 is 35.2 Å². The number of hydrogen-bond acceptors (Lipinski definition) is 4. The molecule has 0 unspecified atom stereocenters. The summed E-state index contributed by atoms with van der Waals surface area (Å²) in [5, 5.41) is 7.18. The van der Waals surface area contributed by atoms with Gasteiger partial charge in [-0.15, -0.1) is 6.58 Å². The number of nitrogens with one attached hydrogen (secondary N) is 1. The van der Waals surface area contributed by atoms with E-state index in [0.29, 0.717) is 0 Å². The molecule has 1 aliphatic rings. The second kappa shape index (κ2) is 6.32. The molecule has 6 nitrogen and oxygen atoms in total. The van der Waals surface area contributed by atoms with E-state index < -0.39 is 11.8 Å². The van der Waals surface area contributed by atoms with Crippen LogP contribution in [0.4, 0.5) is 0 Å². The zero-order valence-corrected chi connectivity index (χ0v) is 15.5. The van der Waals surface area contributed by atoms with Gasteiger partial charge >= 0.3 is 0 Å². The van der Waals surface area contributed by atoms with Crippen LogP contribution < -0.4 is 5.32 Å². The Morgan fingerprint density at radius 1 is 1.29 bits per heavy atom. The average Bonchev–Trinajstić information content (AvgIpc) is 2.75. The quantitative estimate of drug-likeness (QED) is 0.394. The molecule has 0 aromatic carbocycles. The maximum absolute atomic E-state index is 12.6. The molecule has 0 aliphatic carbocycles. The van der Waals surface area contributed by atoms with Gasteiger partial charge in [0.05, 0.1) is 11.2 Å². The number of carbonyl (C=O) groups excluding carboxylic acids is 2. The van der Waals surface area contributed by atoms with Gasteiger partial charge in [-0.3, -0.25) is 24.5 Å². The Labute approximate surface area is 147 Å². The molecule has 1 saturated heterocycles. The topological polar surface area (TPSA) is 67.2 Å². The van der Waals surface area contributed by atoms with Crippen LogP contribution >= 0.6 is 12.2 Å². The largest absolute Gasteiger partial charge is 0.298 e. The molecule has 7 heteroatoms. The summed E-state index contributed by atoms with van der Waals surface area (Å²) in [4.78, 5) is 26.1. The van der Waals surface area contributed by atoms with E-state index in [4.69, 9.17) is 12.2 Å². The molecule has 0 spiro atoms. The fourth-order valence-electron chi connectivity index (χ4n) is 2.65. The predicted octanol–water partition coefficient (Wildman–Crippen LogP) is 2.07. The maximum Gasteiger partial charge on any atom is 0.265 e. The maximum atomic E-state index is 12.6. The lowest BCUT2D eigenvalue weighted by Gasteiger charge is -2.27. The second-order valence-corrected chi connectivity index (χ2v) is 7.08. The molecule has 128 valence electrons. The minimum absolute atomic E-state index is 0.0464. The van der Waals surface area contributed by atoms with Gasteiger partial charge in [-0.2, -0.15) is 5.10 Å². The van der Waals surface area contributed by atoms with Gasteiger partial charge in [0, 0.05) is 17.8 Å². The highest BCUT2D eigenvalue weighted by molar-refractivity contribution is 7.80. The normalized spacial score (nSPS) is 17.5. The van der Waals surface area contributed by atoms with Crippen LogP contribution in [0.3, 0.4) is 0 Å². The number of amides is 2. The second-order valence-electron chi connectivity index (χ2n) is 6.69. The van der Waals surface area contributed by atoms with Crippen molar-refractivity contribution in [2.24, 2.45) is 0 Å². The summed E-state index contributed by atoms with van der Waals surface area (Å²) in [6.45, 7) is 13.8. The molecule has 1 aromatic rings. The summed E-state index contributed by atoms with van der Waals surface area (Å²) in [5.41, 5.74) is 2.29. The summed E-state index contributed by atoms with van der Waals surface area (Å²) in [7, 11) is 0. The molecule has 1 aliphatic heterocycles. The molecule has 2 heterocycles. The predicted molar refractivity (Wildman–Crippen MR) is 97.3 cm³/mol. The lowest BCUT2D eigenvalue weighted by atomic mass is 10.0. The summed E-state index contributed by atoms with van der Waals surface area (Å²) in [6, 6.07) is 0. The highest BCUT2D eigenvalue weighted by atomic mass is 32.1. The van der Waals surface area contributed by atoms with Crippen molar-refractivity contribution in [1.82, 2.24) is 20.0 Å². The Morgan fingerprint density at radius 3 is 2.42 bits per heavy atom. The van der Waals surface area contributed by atoms with Crippen LogP contribution in [0.25, 0.3) is 6.08 Å². The third-order valence-corrected chi connectivity index (χ3v) is 4.09. The molecule has 0 bridgehead atoms. The molecular formula is C17H22N4O2S. The van der Waals surface area contributed by atoms with Gasteiger partial charge in [0.1, 0.15) is 5.57 Å². The number of aryl methyl sites for hydroxylation is 1. The lowest BCUT2D eigenvalue weighted by molar-refractivity contribution is -0.128. The number of rotatable bonds is 3. The smallest absolute Gasteiger partial charge is 0.265 e. The van der Waals surface area contributed by atoms with Gasteiger partial charge in [-0.1, -0.05) is 6.08 Å². The van der Waals surface area contributed by atoms with E-state index in [9.17, 15) is 9.59 Å². The number of hydrogen-bond donors (Lipinski definition) is 1. The third-order valence-electron chi connectivity index (χ3n) is 3.77. The van der Waals surface area contributed by atoms with E-state index in [-0.39, 0.29) is 22.8 Å². The van der Waals surface area contributed by atoms with Crippen LogP contribution in [0.1, 0.15) is 37.7 Å². The van der Waals surface area contributed by atoms with E-state index in [0.717, 1.165) is 17.0 Å². The molecule has 1 N–H and O–H groups in total. The van der Waals surface area contributed by atoms with Crippen molar-refractivity contribution in [3.8, 4) is 0 Å². The van der Waals surface area contributed by atoms with Crippen molar-refractivity contribution in [2.75, 3.05) is 6.54 Å². The molecule has 0 atom stereocenters. The van der Waals surface area contributed by atoms with Gasteiger partial charge in [-0.05, 0) is 52.9 Å². The molecule has 1 aromatic heterocycles. The minimum atomic E-state index is -0.493. The lowest BCUT2D eigenvalue weighted by Crippen LogP contribution is -2.53. The molecule has 2 rings (SSSR count). The molecule has 0 radical (unpaired) electrons. The first-order valence-electron chi connectivity index (χ1n) is 7.64. The number of nitrogens with zero attached hydrogens (tertiary/aromatic N) is 3. The fraction of sp³-hybridized carbons (Fsp3) is 0.412. The highest BCUT2D eigenvalue weighted by Crippen LogP contribution is 2.24. The summed E-state index contributed by atoms with van der Waals surface area (Å²) in [6.07, 6.45) is 3.16.